The molecule has 0 saturated heterocycles. The molecule has 35 heavy (non-hydrogen) atoms. The lowest BCUT2D eigenvalue weighted by atomic mass is 10.1. The molecule has 3 aromatic rings. The first-order valence-electron chi connectivity index (χ1n) is 10.6. The number of aliphatic hydroxyl groups is 1. The van der Waals surface area contributed by atoms with Gasteiger partial charge in [-0.1, -0.05) is 36.4 Å². The van der Waals surface area contributed by atoms with Gasteiger partial charge in [-0.2, -0.15) is 0 Å². The molecule has 6 nitrogen and oxygen atoms in total. The number of phenolic OH excluding ortho intramolecular Hbond substituents is 1. The number of carbonyl (C=O) groups excluding carboxylic acids is 1. The molecule has 0 radical (unpaired) electrons. The van der Waals surface area contributed by atoms with E-state index in [1.807, 2.05) is 0 Å². The Bertz CT molecular complexity index is 1260. The van der Waals surface area contributed by atoms with Crippen LogP contribution in [0.25, 0.3) is 12.2 Å². The normalized spacial score (nSPS) is 11.7. The van der Waals surface area contributed by atoms with Crippen LogP contribution >= 0.6 is 0 Å². The summed E-state index contributed by atoms with van der Waals surface area (Å²) in [5.74, 6) is 0.349. The molecule has 0 unspecified atom stereocenters. The third-order valence-corrected chi connectivity index (χ3v) is 4.88. The SMILES string of the molecule is COc1cc(/C=C/C(=O)C=C(O)/C=C/c2ccc(OCc3ccc(F)cc3)c(OC)c2)ccc1O. The van der Waals surface area contributed by atoms with Crippen LogP contribution in [0.1, 0.15) is 16.7 Å². The van der Waals surface area contributed by atoms with E-state index in [4.69, 9.17) is 14.2 Å². The summed E-state index contributed by atoms with van der Waals surface area (Å²) in [6, 6.07) is 15.9. The lowest BCUT2D eigenvalue weighted by molar-refractivity contribution is -0.110. The fourth-order valence-electron chi connectivity index (χ4n) is 3.05. The number of carbonyl (C=O) groups is 1. The predicted molar refractivity (Wildman–Crippen MR) is 132 cm³/mol. The number of hydrogen-bond donors (Lipinski definition) is 2. The standard InChI is InChI=1S/C28H25FO6/c1-33-27-15-19(7-13-25(27)32)5-11-23(30)17-24(31)12-6-20-8-14-26(28(16-20)34-2)35-18-21-3-9-22(29)10-4-21/h3-17,31-32H,18H2,1-2H3/b11-5+,12-6+,24-17?. The second kappa shape index (κ2) is 12.1. The summed E-state index contributed by atoms with van der Waals surface area (Å²) in [6.07, 6.45) is 6.95. The maximum Gasteiger partial charge on any atom is 0.182 e. The second-order valence-corrected chi connectivity index (χ2v) is 7.39. The zero-order chi connectivity index (χ0) is 25.2. The molecule has 0 aromatic heterocycles. The molecule has 0 amide bonds. The van der Waals surface area contributed by atoms with Crippen molar-refractivity contribution in [3.8, 4) is 23.0 Å². The summed E-state index contributed by atoms with van der Waals surface area (Å²) in [7, 11) is 2.95. The number of benzene rings is 3. The number of aliphatic hydroxyl groups excluding tert-OH is 1. The fraction of sp³-hybridized carbons (Fsp3) is 0.107. The van der Waals surface area contributed by atoms with Gasteiger partial charge in [0.15, 0.2) is 28.8 Å². The molecule has 3 aromatic carbocycles. The number of halogens is 1. The number of aromatic hydroxyl groups is 1. The number of ketones is 1. The minimum Gasteiger partial charge on any atom is -0.508 e. The van der Waals surface area contributed by atoms with E-state index in [0.29, 0.717) is 22.8 Å². The van der Waals surface area contributed by atoms with Crippen LogP contribution in [-0.2, 0) is 11.4 Å². The van der Waals surface area contributed by atoms with Crippen LogP contribution in [0.15, 0.2) is 84.7 Å². The van der Waals surface area contributed by atoms with E-state index >= 15 is 0 Å². The van der Waals surface area contributed by atoms with Gasteiger partial charge in [-0.05, 0) is 65.2 Å². The van der Waals surface area contributed by atoms with E-state index in [-0.39, 0.29) is 23.9 Å². The van der Waals surface area contributed by atoms with E-state index < -0.39 is 5.78 Å². The Labute approximate surface area is 202 Å². The molecule has 2 N–H and O–H groups in total. The predicted octanol–water partition coefficient (Wildman–Crippen LogP) is 5.87. The van der Waals surface area contributed by atoms with Gasteiger partial charge in [0, 0.05) is 6.08 Å². The average molecular weight is 477 g/mol. The summed E-state index contributed by atoms with van der Waals surface area (Å²) in [5.41, 5.74) is 2.19. The average Bonchev–Trinajstić information content (AvgIpc) is 2.86. The molecule has 7 heteroatoms. The summed E-state index contributed by atoms with van der Waals surface area (Å²) in [5, 5.41) is 19.7. The third-order valence-electron chi connectivity index (χ3n) is 4.88. The molecular weight excluding hydrogens is 451 g/mol. The molecule has 0 atom stereocenters. The van der Waals surface area contributed by atoms with E-state index in [2.05, 4.69) is 0 Å². The van der Waals surface area contributed by atoms with Crippen LogP contribution < -0.4 is 14.2 Å². The van der Waals surface area contributed by atoms with Crippen molar-refractivity contribution in [2.75, 3.05) is 14.2 Å². The molecule has 0 bridgehead atoms. The van der Waals surface area contributed by atoms with Gasteiger partial charge >= 0.3 is 0 Å². The highest BCUT2D eigenvalue weighted by Crippen LogP contribution is 2.29. The number of phenols is 1. The molecule has 0 spiro atoms. The highest BCUT2D eigenvalue weighted by Gasteiger charge is 2.06. The number of rotatable bonds is 10. The minimum absolute atomic E-state index is 0.00255. The smallest absolute Gasteiger partial charge is 0.182 e. The van der Waals surface area contributed by atoms with Gasteiger partial charge in [0.2, 0.25) is 0 Å². The summed E-state index contributed by atoms with van der Waals surface area (Å²) >= 11 is 0. The monoisotopic (exact) mass is 476 g/mol. The van der Waals surface area contributed by atoms with E-state index in [0.717, 1.165) is 17.2 Å². The van der Waals surface area contributed by atoms with Gasteiger partial charge in [-0.25, -0.2) is 4.39 Å². The van der Waals surface area contributed by atoms with Crippen LogP contribution in [-0.4, -0.2) is 30.2 Å². The lowest BCUT2D eigenvalue weighted by Crippen LogP contribution is -1.98. The van der Waals surface area contributed by atoms with Gasteiger partial charge in [-0.3, -0.25) is 4.79 Å². The second-order valence-electron chi connectivity index (χ2n) is 7.39. The number of allylic oxidation sites excluding steroid dienone is 3. The van der Waals surface area contributed by atoms with Crippen molar-refractivity contribution in [3.05, 3.63) is 107 Å². The highest BCUT2D eigenvalue weighted by molar-refractivity contribution is 6.02. The van der Waals surface area contributed by atoms with E-state index in [9.17, 15) is 19.4 Å². The molecule has 0 aliphatic rings. The summed E-state index contributed by atoms with van der Waals surface area (Å²) in [4.78, 5) is 12.1. The molecule has 180 valence electrons. The van der Waals surface area contributed by atoms with Crippen molar-refractivity contribution in [2.24, 2.45) is 0 Å². The number of methoxy groups -OCH3 is 2. The Balaban J connectivity index is 1.62. The van der Waals surface area contributed by atoms with Gasteiger partial charge in [-0.15, -0.1) is 0 Å². The lowest BCUT2D eigenvalue weighted by Gasteiger charge is -2.11. The molecule has 0 saturated carbocycles. The molecule has 0 fully saturated rings. The van der Waals surface area contributed by atoms with Gasteiger partial charge in [0.1, 0.15) is 18.2 Å². The van der Waals surface area contributed by atoms with Crippen molar-refractivity contribution >= 4 is 17.9 Å². The van der Waals surface area contributed by atoms with Crippen molar-refractivity contribution in [1.29, 1.82) is 0 Å². The van der Waals surface area contributed by atoms with Crippen LogP contribution in [0.4, 0.5) is 4.39 Å². The van der Waals surface area contributed by atoms with Crippen molar-refractivity contribution in [1.82, 2.24) is 0 Å². The Hall–Kier alpha value is -4.52. The van der Waals surface area contributed by atoms with Gasteiger partial charge in [0.25, 0.3) is 0 Å². The fourth-order valence-corrected chi connectivity index (χ4v) is 3.05. The van der Waals surface area contributed by atoms with Crippen LogP contribution in [0, 0.1) is 5.82 Å². The Morgan fingerprint density at radius 1 is 0.857 bits per heavy atom. The zero-order valence-corrected chi connectivity index (χ0v) is 19.3. The van der Waals surface area contributed by atoms with Crippen molar-refractivity contribution in [2.45, 2.75) is 6.61 Å². The largest absolute Gasteiger partial charge is 0.508 e. The van der Waals surface area contributed by atoms with Gasteiger partial charge < -0.3 is 24.4 Å². The highest BCUT2D eigenvalue weighted by atomic mass is 19.1. The van der Waals surface area contributed by atoms with Crippen molar-refractivity contribution in [3.63, 3.8) is 0 Å². The zero-order valence-electron chi connectivity index (χ0n) is 19.3. The molecule has 0 aliphatic heterocycles. The van der Waals surface area contributed by atoms with E-state index in [1.54, 1.807) is 54.6 Å². The third kappa shape index (κ3) is 7.50. The maximum atomic E-state index is 13.0. The summed E-state index contributed by atoms with van der Waals surface area (Å²) in [6.45, 7) is 0.252. The Morgan fingerprint density at radius 3 is 2.17 bits per heavy atom. The number of ether oxygens (including phenoxy) is 3. The Kier molecular flexibility index (Phi) is 8.67. The van der Waals surface area contributed by atoms with Crippen LogP contribution in [0.2, 0.25) is 0 Å². The quantitative estimate of drug-likeness (QED) is 0.216. The van der Waals surface area contributed by atoms with Crippen molar-refractivity contribution < 1.29 is 33.6 Å². The topological polar surface area (TPSA) is 85.2 Å². The Morgan fingerprint density at radius 2 is 1.49 bits per heavy atom. The first-order chi connectivity index (χ1) is 16.9. The summed E-state index contributed by atoms with van der Waals surface area (Å²) < 4.78 is 29.2. The van der Waals surface area contributed by atoms with E-state index in [1.165, 1.54) is 44.6 Å². The minimum atomic E-state index is -0.415. The molecule has 3 rings (SSSR count). The van der Waals surface area contributed by atoms with Crippen LogP contribution in [0.3, 0.4) is 0 Å². The number of hydrogen-bond acceptors (Lipinski definition) is 6. The maximum absolute atomic E-state index is 13.0. The first kappa shape index (κ1) is 25.1. The molecule has 0 aliphatic carbocycles. The first-order valence-corrected chi connectivity index (χ1v) is 10.6. The van der Waals surface area contributed by atoms with Crippen LogP contribution in [0.5, 0.6) is 23.0 Å². The molecule has 0 heterocycles. The molecular formula is C28H25FO6. The van der Waals surface area contributed by atoms with Gasteiger partial charge in [0.05, 0.1) is 14.2 Å².